The zero-order valence-electron chi connectivity index (χ0n) is 20.5. The van der Waals surface area contributed by atoms with Gasteiger partial charge in [0.1, 0.15) is 22.2 Å². The zero-order valence-corrected chi connectivity index (χ0v) is 22.9. The minimum Gasteiger partial charge on any atom is -0.455 e. The van der Waals surface area contributed by atoms with Gasteiger partial charge in [-0.05, 0) is 80.6 Å². The fraction of sp³-hybridized carbons (Fsp3) is 0.172. The second kappa shape index (κ2) is 10.2. The molecule has 0 fully saturated rings. The van der Waals surface area contributed by atoms with E-state index in [-0.39, 0.29) is 5.56 Å². The lowest BCUT2D eigenvalue weighted by Crippen LogP contribution is -2.23. The molecule has 0 spiro atoms. The minimum atomic E-state index is -0.393. The van der Waals surface area contributed by atoms with Gasteiger partial charge in [0.15, 0.2) is 0 Å². The van der Waals surface area contributed by atoms with E-state index in [0.717, 1.165) is 51.5 Å². The van der Waals surface area contributed by atoms with Crippen molar-refractivity contribution in [1.82, 2.24) is 15.0 Å². The van der Waals surface area contributed by atoms with E-state index in [1.54, 1.807) is 40.2 Å². The summed E-state index contributed by atoms with van der Waals surface area (Å²) < 4.78 is 8.39. The van der Waals surface area contributed by atoms with Gasteiger partial charge in [0.05, 0.1) is 17.3 Å². The van der Waals surface area contributed by atoms with Crippen LogP contribution in [0.3, 0.4) is 0 Å². The molecule has 38 heavy (non-hydrogen) atoms. The summed E-state index contributed by atoms with van der Waals surface area (Å²) in [4.78, 5) is 33.3. The van der Waals surface area contributed by atoms with Crippen LogP contribution in [-0.4, -0.2) is 21.7 Å². The Bertz CT molecular complexity index is 1770. The molecule has 3 heterocycles. The number of hydrogen-bond acceptors (Lipinski definition) is 6. The van der Waals surface area contributed by atoms with Crippen LogP contribution < -0.4 is 11.0 Å². The van der Waals surface area contributed by atoms with Crippen LogP contribution in [0.5, 0.6) is 0 Å². The number of carbonyl (C=O) groups is 1. The number of fused-ring (bicyclic) bond motifs is 3. The standard InChI is InChI=1S/C29H23BrN4O3S/c1-17-32-28-26(23-7-2-3-8-25(23)38-28)29(36)34(17)21-6-4-5-19(15-21)27(35)33-31-16-22-13-14-24(37-22)18-9-11-20(30)12-10-18/h4-6,9-16H,2-3,7-8H2,1H3,(H,33,35)/b31-16+. The quantitative estimate of drug-likeness (QED) is 0.190. The highest BCUT2D eigenvalue weighted by Crippen LogP contribution is 2.34. The molecule has 1 aliphatic carbocycles. The number of hydrazone groups is 1. The van der Waals surface area contributed by atoms with Gasteiger partial charge in [-0.2, -0.15) is 5.10 Å². The van der Waals surface area contributed by atoms with Crippen molar-refractivity contribution >= 4 is 49.6 Å². The van der Waals surface area contributed by atoms with Crippen LogP contribution in [0.2, 0.25) is 0 Å². The predicted molar refractivity (Wildman–Crippen MR) is 154 cm³/mol. The molecule has 6 rings (SSSR count). The molecule has 190 valence electrons. The highest BCUT2D eigenvalue weighted by molar-refractivity contribution is 9.10. The zero-order chi connectivity index (χ0) is 26.2. The third-order valence-corrected chi connectivity index (χ3v) is 8.35. The molecule has 1 aliphatic rings. The second-order valence-corrected chi connectivity index (χ2v) is 11.1. The van der Waals surface area contributed by atoms with Crippen LogP contribution in [-0.2, 0) is 12.8 Å². The molecular weight excluding hydrogens is 564 g/mol. The normalized spacial score (nSPS) is 13.2. The Hall–Kier alpha value is -3.82. The van der Waals surface area contributed by atoms with Crippen molar-refractivity contribution in [3.05, 3.63) is 103 Å². The van der Waals surface area contributed by atoms with Gasteiger partial charge in [-0.3, -0.25) is 14.2 Å². The number of nitrogens with one attached hydrogen (secondary N) is 1. The largest absolute Gasteiger partial charge is 0.455 e. The summed E-state index contributed by atoms with van der Waals surface area (Å²) in [5.41, 5.74) is 5.52. The van der Waals surface area contributed by atoms with Crippen molar-refractivity contribution in [2.75, 3.05) is 0 Å². The summed E-state index contributed by atoms with van der Waals surface area (Å²) in [6.07, 6.45) is 5.62. The maximum absolute atomic E-state index is 13.6. The molecule has 0 unspecified atom stereocenters. The SMILES string of the molecule is Cc1nc2sc3c(c2c(=O)n1-c1cccc(C(=O)N/N=C/c2ccc(-c4ccc(Br)cc4)o2)c1)CCCC3. The first-order valence-electron chi connectivity index (χ1n) is 12.3. The lowest BCUT2D eigenvalue weighted by Gasteiger charge is -2.12. The number of benzene rings is 2. The summed E-state index contributed by atoms with van der Waals surface area (Å²) in [5, 5.41) is 4.77. The van der Waals surface area contributed by atoms with Crippen LogP contribution in [0.15, 0.2) is 79.4 Å². The van der Waals surface area contributed by atoms with Gasteiger partial charge in [-0.15, -0.1) is 11.3 Å². The van der Waals surface area contributed by atoms with E-state index >= 15 is 0 Å². The Balaban J connectivity index is 1.23. The molecule has 9 heteroatoms. The van der Waals surface area contributed by atoms with Crippen molar-refractivity contribution < 1.29 is 9.21 Å². The number of thiophene rings is 1. The summed E-state index contributed by atoms with van der Waals surface area (Å²) in [6, 6.07) is 18.4. The Morgan fingerprint density at radius 2 is 1.95 bits per heavy atom. The van der Waals surface area contributed by atoms with Gasteiger partial charge in [0.2, 0.25) is 0 Å². The molecule has 1 N–H and O–H groups in total. The third-order valence-electron chi connectivity index (χ3n) is 6.64. The molecule has 0 aliphatic heterocycles. The van der Waals surface area contributed by atoms with Gasteiger partial charge in [-0.25, -0.2) is 10.4 Å². The number of nitrogens with zero attached hydrogens (tertiary/aromatic N) is 3. The maximum Gasteiger partial charge on any atom is 0.271 e. The van der Waals surface area contributed by atoms with Gasteiger partial charge in [0, 0.05) is 20.5 Å². The minimum absolute atomic E-state index is 0.0816. The average Bonchev–Trinajstić information content (AvgIpc) is 3.54. The molecule has 0 bridgehead atoms. The van der Waals surface area contributed by atoms with Crippen molar-refractivity contribution in [3.8, 4) is 17.0 Å². The van der Waals surface area contributed by atoms with E-state index < -0.39 is 5.91 Å². The van der Waals surface area contributed by atoms with E-state index in [0.29, 0.717) is 28.6 Å². The number of aryl methyl sites for hydroxylation is 3. The predicted octanol–water partition coefficient (Wildman–Crippen LogP) is 6.42. The van der Waals surface area contributed by atoms with E-state index in [9.17, 15) is 9.59 Å². The number of furan rings is 1. The molecule has 0 radical (unpaired) electrons. The molecule has 0 saturated heterocycles. The lowest BCUT2D eigenvalue weighted by molar-refractivity contribution is 0.0955. The number of halogens is 1. The van der Waals surface area contributed by atoms with Gasteiger partial charge in [-0.1, -0.05) is 34.1 Å². The van der Waals surface area contributed by atoms with Crippen molar-refractivity contribution in [2.24, 2.45) is 5.10 Å². The summed E-state index contributed by atoms with van der Waals surface area (Å²) >= 11 is 5.06. The van der Waals surface area contributed by atoms with Crippen molar-refractivity contribution in [2.45, 2.75) is 32.6 Å². The monoisotopic (exact) mass is 586 g/mol. The molecule has 1 amide bonds. The summed E-state index contributed by atoms with van der Waals surface area (Å²) in [6.45, 7) is 1.82. The van der Waals surface area contributed by atoms with Crippen molar-refractivity contribution in [1.29, 1.82) is 0 Å². The molecule has 0 atom stereocenters. The smallest absolute Gasteiger partial charge is 0.271 e. The Labute approximate surface area is 231 Å². The number of rotatable bonds is 5. The fourth-order valence-corrected chi connectivity index (χ4v) is 6.37. The molecule has 5 aromatic rings. The van der Waals surface area contributed by atoms with E-state index in [1.165, 1.54) is 11.1 Å². The first kappa shape index (κ1) is 24.5. The van der Waals surface area contributed by atoms with Crippen LogP contribution >= 0.6 is 27.3 Å². The maximum atomic E-state index is 13.6. The Morgan fingerprint density at radius 3 is 2.79 bits per heavy atom. The van der Waals surface area contributed by atoms with Gasteiger partial charge >= 0.3 is 0 Å². The second-order valence-electron chi connectivity index (χ2n) is 9.15. The number of aromatic nitrogens is 2. The topological polar surface area (TPSA) is 89.5 Å². The molecule has 2 aromatic carbocycles. The van der Waals surface area contributed by atoms with Gasteiger partial charge < -0.3 is 4.42 Å². The highest BCUT2D eigenvalue weighted by atomic mass is 79.9. The van der Waals surface area contributed by atoms with Gasteiger partial charge in [0.25, 0.3) is 11.5 Å². The molecule has 0 saturated carbocycles. The highest BCUT2D eigenvalue weighted by Gasteiger charge is 2.22. The summed E-state index contributed by atoms with van der Waals surface area (Å²) in [5.74, 6) is 1.42. The van der Waals surface area contributed by atoms with E-state index in [1.807, 2.05) is 43.3 Å². The fourth-order valence-electron chi connectivity index (χ4n) is 4.81. The summed E-state index contributed by atoms with van der Waals surface area (Å²) in [7, 11) is 0. The Morgan fingerprint density at radius 1 is 1.13 bits per heavy atom. The van der Waals surface area contributed by atoms with E-state index in [2.05, 4.69) is 26.5 Å². The Kier molecular flexibility index (Phi) is 6.55. The van der Waals surface area contributed by atoms with Crippen molar-refractivity contribution in [3.63, 3.8) is 0 Å². The first-order chi connectivity index (χ1) is 18.5. The number of carbonyl (C=O) groups excluding carboxylic acids is 1. The first-order valence-corrected chi connectivity index (χ1v) is 13.9. The number of amides is 1. The van der Waals surface area contributed by atoms with Crippen LogP contribution in [0.4, 0.5) is 0 Å². The lowest BCUT2D eigenvalue weighted by atomic mass is 9.97. The molecule has 7 nitrogen and oxygen atoms in total. The van der Waals surface area contributed by atoms with Crippen LogP contribution in [0.1, 0.15) is 45.2 Å². The average molecular weight is 587 g/mol. The van der Waals surface area contributed by atoms with E-state index in [4.69, 9.17) is 9.40 Å². The number of hydrogen-bond donors (Lipinski definition) is 1. The molecule has 3 aromatic heterocycles. The van der Waals surface area contributed by atoms with Crippen LogP contribution in [0, 0.1) is 6.92 Å². The third kappa shape index (κ3) is 4.63. The molecular formula is C29H23BrN4O3S. The van der Waals surface area contributed by atoms with Crippen LogP contribution in [0.25, 0.3) is 27.2 Å².